The minimum absolute atomic E-state index is 0.0466. The van der Waals surface area contributed by atoms with Gasteiger partial charge in [0.25, 0.3) is 5.91 Å². The van der Waals surface area contributed by atoms with E-state index >= 15 is 0 Å². The molecule has 2 atom stereocenters. The van der Waals surface area contributed by atoms with Crippen molar-refractivity contribution in [3.05, 3.63) is 16.6 Å². The van der Waals surface area contributed by atoms with Crippen LogP contribution < -0.4 is 0 Å². The molecular formula is C10H14N2OS. The van der Waals surface area contributed by atoms with Gasteiger partial charge in [-0.15, -0.1) is 11.3 Å². The van der Waals surface area contributed by atoms with Crippen LogP contribution in [0.3, 0.4) is 0 Å². The molecule has 4 heteroatoms. The molecular weight excluding hydrogens is 196 g/mol. The SMILES string of the molecule is CC1CC1CN(C)C(=O)c1cscn1. The van der Waals surface area contributed by atoms with Crippen LogP contribution in [0.15, 0.2) is 10.9 Å². The molecule has 1 saturated carbocycles. The van der Waals surface area contributed by atoms with Crippen LogP contribution in [0.2, 0.25) is 0 Å². The van der Waals surface area contributed by atoms with E-state index in [1.165, 1.54) is 17.8 Å². The lowest BCUT2D eigenvalue weighted by Gasteiger charge is -2.15. The molecule has 1 aromatic rings. The summed E-state index contributed by atoms with van der Waals surface area (Å²) >= 11 is 1.46. The third-order valence-corrected chi connectivity index (χ3v) is 3.37. The molecule has 14 heavy (non-hydrogen) atoms. The Hall–Kier alpha value is -0.900. The van der Waals surface area contributed by atoms with E-state index in [-0.39, 0.29) is 5.91 Å². The second kappa shape index (κ2) is 3.69. The standard InChI is InChI=1S/C10H14N2OS/c1-7-3-8(7)4-12(2)10(13)9-5-14-6-11-9/h5-8H,3-4H2,1-2H3. The predicted molar refractivity (Wildman–Crippen MR) is 56.3 cm³/mol. The molecule has 1 fully saturated rings. The first-order chi connectivity index (χ1) is 6.68. The summed E-state index contributed by atoms with van der Waals surface area (Å²) in [5.74, 6) is 1.55. The fourth-order valence-electron chi connectivity index (χ4n) is 1.60. The highest BCUT2D eigenvalue weighted by Crippen LogP contribution is 2.38. The Bertz CT molecular complexity index is 323. The Labute approximate surface area is 87.8 Å². The average Bonchev–Trinajstić information content (AvgIpc) is 2.72. The first-order valence-electron chi connectivity index (χ1n) is 4.82. The van der Waals surface area contributed by atoms with E-state index in [2.05, 4.69) is 11.9 Å². The van der Waals surface area contributed by atoms with Gasteiger partial charge in [0.05, 0.1) is 5.51 Å². The van der Waals surface area contributed by atoms with E-state index in [1.807, 2.05) is 7.05 Å². The van der Waals surface area contributed by atoms with Crippen molar-refractivity contribution in [3.63, 3.8) is 0 Å². The Morgan fingerprint density at radius 1 is 1.79 bits per heavy atom. The van der Waals surface area contributed by atoms with E-state index in [1.54, 1.807) is 15.8 Å². The van der Waals surface area contributed by atoms with E-state index in [0.29, 0.717) is 11.6 Å². The molecule has 0 N–H and O–H groups in total. The van der Waals surface area contributed by atoms with Crippen molar-refractivity contribution >= 4 is 17.2 Å². The fraction of sp³-hybridized carbons (Fsp3) is 0.600. The third-order valence-electron chi connectivity index (χ3n) is 2.78. The second-order valence-corrected chi connectivity index (χ2v) is 4.75. The largest absolute Gasteiger partial charge is 0.340 e. The zero-order valence-corrected chi connectivity index (χ0v) is 9.25. The second-order valence-electron chi connectivity index (χ2n) is 4.03. The minimum atomic E-state index is 0.0466. The van der Waals surface area contributed by atoms with Gasteiger partial charge in [-0.25, -0.2) is 4.98 Å². The first-order valence-corrected chi connectivity index (χ1v) is 5.76. The van der Waals surface area contributed by atoms with Crippen molar-refractivity contribution in [2.45, 2.75) is 13.3 Å². The summed E-state index contributed by atoms with van der Waals surface area (Å²) < 4.78 is 0. The topological polar surface area (TPSA) is 33.2 Å². The van der Waals surface area contributed by atoms with Crippen molar-refractivity contribution in [1.82, 2.24) is 9.88 Å². The molecule has 0 bridgehead atoms. The van der Waals surface area contributed by atoms with Crippen LogP contribution in [-0.4, -0.2) is 29.4 Å². The van der Waals surface area contributed by atoms with Crippen molar-refractivity contribution in [2.75, 3.05) is 13.6 Å². The maximum absolute atomic E-state index is 11.7. The van der Waals surface area contributed by atoms with Gasteiger partial charge < -0.3 is 4.90 Å². The molecule has 1 aromatic heterocycles. The Morgan fingerprint density at radius 2 is 2.50 bits per heavy atom. The van der Waals surface area contributed by atoms with Gasteiger partial charge in [-0.05, 0) is 18.3 Å². The highest BCUT2D eigenvalue weighted by Gasteiger charge is 2.34. The molecule has 2 rings (SSSR count). The van der Waals surface area contributed by atoms with Crippen LogP contribution >= 0.6 is 11.3 Å². The minimum Gasteiger partial charge on any atom is -0.340 e. The third kappa shape index (κ3) is 1.95. The number of nitrogens with zero attached hydrogens (tertiary/aromatic N) is 2. The Kier molecular flexibility index (Phi) is 2.54. The fourth-order valence-corrected chi connectivity index (χ4v) is 2.13. The summed E-state index contributed by atoms with van der Waals surface area (Å²) in [6.45, 7) is 3.10. The summed E-state index contributed by atoms with van der Waals surface area (Å²) in [5, 5.41) is 1.80. The van der Waals surface area contributed by atoms with Crippen molar-refractivity contribution in [1.29, 1.82) is 0 Å². The summed E-state index contributed by atoms with van der Waals surface area (Å²) in [6.07, 6.45) is 1.26. The van der Waals surface area contributed by atoms with Crippen LogP contribution in [0.5, 0.6) is 0 Å². The van der Waals surface area contributed by atoms with E-state index < -0.39 is 0 Å². The number of aromatic nitrogens is 1. The van der Waals surface area contributed by atoms with E-state index in [9.17, 15) is 4.79 Å². The van der Waals surface area contributed by atoms with Gasteiger partial charge in [-0.1, -0.05) is 6.92 Å². The Morgan fingerprint density at radius 3 is 3.00 bits per heavy atom. The normalized spacial score (nSPS) is 24.7. The molecule has 0 spiro atoms. The van der Waals surface area contributed by atoms with Gasteiger partial charge in [0.1, 0.15) is 5.69 Å². The number of carbonyl (C=O) groups is 1. The zero-order valence-electron chi connectivity index (χ0n) is 8.43. The zero-order chi connectivity index (χ0) is 10.1. The molecule has 0 saturated heterocycles. The molecule has 1 amide bonds. The van der Waals surface area contributed by atoms with Crippen molar-refractivity contribution < 1.29 is 4.79 Å². The van der Waals surface area contributed by atoms with Gasteiger partial charge in [0.2, 0.25) is 0 Å². The monoisotopic (exact) mass is 210 g/mol. The molecule has 1 aliphatic rings. The maximum Gasteiger partial charge on any atom is 0.273 e. The van der Waals surface area contributed by atoms with Gasteiger partial charge in [-0.3, -0.25) is 4.79 Å². The summed E-state index contributed by atoms with van der Waals surface area (Å²) in [5.41, 5.74) is 2.27. The molecule has 76 valence electrons. The first kappa shape index (κ1) is 9.65. The van der Waals surface area contributed by atoms with Crippen LogP contribution in [0.25, 0.3) is 0 Å². The molecule has 0 aromatic carbocycles. The van der Waals surface area contributed by atoms with Gasteiger partial charge in [-0.2, -0.15) is 0 Å². The van der Waals surface area contributed by atoms with Gasteiger partial charge in [0, 0.05) is 19.0 Å². The number of rotatable bonds is 3. The van der Waals surface area contributed by atoms with Crippen molar-refractivity contribution in [3.8, 4) is 0 Å². The quantitative estimate of drug-likeness (QED) is 0.763. The van der Waals surface area contributed by atoms with E-state index in [4.69, 9.17) is 0 Å². The lowest BCUT2D eigenvalue weighted by molar-refractivity contribution is 0.0782. The lowest BCUT2D eigenvalue weighted by atomic mass is 10.3. The molecule has 3 nitrogen and oxygen atoms in total. The molecule has 0 radical (unpaired) electrons. The maximum atomic E-state index is 11.7. The molecule has 2 unspecified atom stereocenters. The molecule has 1 heterocycles. The molecule has 0 aliphatic heterocycles. The number of hydrogen-bond donors (Lipinski definition) is 0. The molecule has 1 aliphatic carbocycles. The van der Waals surface area contributed by atoms with E-state index in [0.717, 1.165) is 12.5 Å². The Balaban J connectivity index is 1.91. The van der Waals surface area contributed by atoms with Crippen LogP contribution in [0.1, 0.15) is 23.8 Å². The number of amides is 1. The average molecular weight is 210 g/mol. The van der Waals surface area contributed by atoms with Gasteiger partial charge in [0.15, 0.2) is 0 Å². The summed E-state index contributed by atoms with van der Waals surface area (Å²) in [4.78, 5) is 17.5. The highest BCUT2D eigenvalue weighted by molar-refractivity contribution is 7.07. The number of hydrogen-bond acceptors (Lipinski definition) is 3. The van der Waals surface area contributed by atoms with Gasteiger partial charge >= 0.3 is 0 Å². The van der Waals surface area contributed by atoms with Crippen LogP contribution in [0, 0.1) is 11.8 Å². The predicted octanol–water partition coefficient (Wildman–Crippen LogP) is 1.87. The number of thiazole rings is 1. The van der Waals surface area contributed by atoms with Crippen LogP contribution in [0.4, 0.5) is 0 Å². The smallest absolute Gasteiger partial charge is 0.273 e. The van der Waals surface area contributed by atoms with Crippen LogP contribution in [-0.2, 0) is 0 Å². The summed E-state index contributed by atoms with van der Waals surface area (Å²) in [6, 6.07) is 0. The van der Waals surface area contributed by atoms with Crippen molar-refractivity contribution in [2.24, 2.45) is 11.8 Å². The summed E-state index contributed by atoms with van der Waals surface area (Å²) in [7, 11) is 1.85. The lowest BCUT2D eigenvalue weighted by Crippen LogP contribution is -2.29. The highest BCUT2D eigenvalue weighted by atomic mass is 32.1. The number of carbonyl (C=O) groups excluding carboxylic acids is 1.